The molecule has 1 aromatic carbocycles. The van der Waals surface area contributed by atoms with Gasteiger partial charge in [0.05, 0.1) is 19.3 Å². The molecular weight excluding hydrogens is 280 g/mol. The van der Waals surface area contributed by atoms with Gasteiger partial charge in [-0.2, -0.15) is 0 Å². The van der Waals surface area contributed by atoms with Gasteiger partial charge in [0.25, 0.3) is 0 Å². The van der Waals surface area contributed by atoms with Crippen molar-refractivity contribution in [3.05, 3.63) is 34.9 Å². The first-order valence-corrected chi connectivity index (χ1v) is 6.86. The van der Waals surface area contributed by atoms with Crippen molar-refractivity contribution in [2.75, 3.05) is 26.7 Å². The van der Waals surface area contributed by atoms with E-state index in [1.165, 1.54) is 4.90 Å². The molecule has 1 rings (SSSR count). The van der Waals surface area contributed by atoms with E-state index in [1.807, 2.05) is 24.3 Å². The summed E-state index contributed by atoms with van der Waals surface area (Å²) in [5, 5.41) is 12.6. The summed E-state index contributed by atoms with van der Waals surface area (Å²) >= 11 is 5.79. The summed E-state index contributed by atoms with van der Waals surface area (Å²) < 4.78 is 5.45. The Morgan fingerprint density at radius 3 is 2.70 bits per heavy atom. The van der Waals surface area contributed by atoms with Crippen molar-refractivity contribution in [1.82, 2.24) is 10.2 Å². The van der Waals surface area contributed by atoms with Crippen LogP contribution in [0.25, 0.3) is 0 Å². The molecule has 0 heterocycles. The number of nitrogens with zero attached hydrogens (tertiary/aromatic N) is 1. The Morgan fingerprint density at radius 2 is 2.10 bits per heavy atom. The Hall–Kier alpha value is -1.30. The average Bonchev–Trinajstić information content (AvgIpc) is 2.39. The van der Waals surface area contributed by atoms with E-state index in [0.29, 0.717) is 31.3 Å². The summed E-state index contributed by atoms with van der Waals surface area (Å²) in [6.07, 6.45) is -0.535. The molecule has 0 spiro atoms. The minimum absolute atomic E-state index is 0.221. The number of benzene rings is 1. The Morgan fingerprint density at radius 1 is 1.45 bits per heavy atom. The van der Waals surface area contributed by atoms with Gasteiger partial charge in [-0.1, -0.05) is 23.7 Å². The van der Waals surface area contributed by atoms with Crippen LogP contribution in [0.2, 0.25) is 5.02 Å². The maximum atomic E-state index is 11.6. The average molecular weight is 301 g/mol. The van der Waals surface area contributed by atoms with Gasteiger partial charge in [-0.25, -0.2) is 4.79 Å². The molecule has 0 saturated heterocycles. The van der Waals surface area contributed by atoms with Crippen LogP contribution in [0.1, 0.15) is 12.5 Å². The summed E-state index contributed by atoms with van der Waals surface area (Å²) in [5.41, 5.74) is 1.03. The van der Waals surface area contributed by atoms with Gasteiger partial charge in [-0.3, -0.25) is 0 Å². The van der Waals surface area contributed by atoms with Crippen LogP contribution in [-0.2, 0) is 11.3 Å². The Labute approximate surface area is 124 Å². The fourth-order valence-corrected chi connectivity index (χ4v) is 1.74. The highest BCUT2D eigenvalue weighted by molar-refractivity contribution is 6.30. The van der Waals surface area contributed by atoms with E-state index in [0.717, 1.165) is 5.56 Å². The zero-order valence-electron chi connectivity index (χ0n) is 11.8. The predicted octanol–water partition coefficient (Wildman–Crippen LogP) is 1.88. The smallest absolute Gasteiger partial charge is 0.317 e. The second kappa shape index (κ2) is 8.79. The van der Waals surface area contributed by atoms with Crippen molar-refractivity contribution in [3.63, 3.8) is 0 Å². The first-order valence-electron chi connectivity index (χ1n) is 6.48. The van der Waals surface area contributed by atoms with Crippen LogP contribution in [0.3, 0.4) is 0 Å². The lowest BCUT2D eigenvalue weighted by molar-refractivity contribution is 0.118. The molecule has 112 valence electrons. The number of nitrogens with one attached hydrogen (secondary N) is 1. The number of likely N-dealkylation sites (N-methyl/N-ethyl adjacent to an activating group) is 1. The van der Waals surface area contributed by atoms with E-state index in [9.17, 15) is 9.90 Å². The van der Waals surface area contributed by atoms with Crippen LogP contribution in [0.5, 0.6) is 0 Å². The number of hydrogen-bond donors (Lipinski definition) is 2. The highest BCUT2D eigenvalue weighted by Crippen LogP contribution is 2.09. The monoisotopic (exact) mass is 300 g/mol. The maximum absolute atomic E-state index is 11.6. The molecule has 0 aliphatic rings. The molecule has 0 saturated carbocycles. The van der Waals surface area contributed by atoms with Crippen LogP contribution in [0.4, 0.5) is 4.79 Å². The number of aliphatic hydroxyl groups excluding tert-OH is 1. The summed E-state index contributed by atoms with van der Waals surface area (Å²) in [6, 6.07) is 7.20. The van der Waals surface area contributed by atoms with E-state index in [4.69, 9.17) is 16.3 Å². The summed E-state index contributed by atoms with van der Waals surface area (Å²) in [7, 11) is 1.64. The van der Waals surface area contributed by atoms with Gasteiger partial charge in [0.15, 0.2) is 0 Å². The highest BCUT2D eigenvalue weighted by atomic mass is 35.5. The van der Waals surface area contributed by atoms with Crippen molar-refractivity contribution >= 4 is 17.6 Å². The van der Waals surface area contributed by atoms with E-state index in [1.54, 1.807) is 14.0 Å². The molecule has 5 nitrogen and oxygen atoms in total. The SMILES string of the molecule is CC(O)CN(C)C(=O)NCCOCc1ccc(Cl)cc1. The number of urea groups is 1. The molecule has 0 aliphatic carbocycles. The quantitative estimate of drug-likeness (QED) is 0.756. The molecule has 20 heavy (non-hydrogen) atoms. The molecule has 1 unspecified atom stereocenters. The van der Waals surface area contributed by atoms with Gasteiger partial charge in [0, 0.05) is 25.2 Å². The summed E-state index contributed by atoms with van der Waals surface area (Å²) in [4.78, 5) is 13.0. The largest absolute Gasteiger partial charge is 0.392 e. The van der Waals surface area contributed by atoms with Crippen LogP contribution in [-0.4, -0.2) is 48.9 Å². The molecule has 1 atom stereocenters. The molecule has 2 N–H and O–H groups in total. The lowest BCUT2D eigenvalue weighted by Gasteiger charge is -2.19. The van der Waals surface area contributed by atoms with Crippen LogP contribution in [0, 0.1) is 0 Å². The number of halogens is 1. The first-order chi connectivity index (χ1) is 9.49. The molecule has 1 aromatic rings. The van der Waals surface area contributed by atoms with E-state index < -0.39 is 6.10 Å². The van der Waals surface area contributed by atoms with Crippen LogP contribution >= 0.6 is 11.6 Å². The highest BCUT2D eigenvalue weighted by Gasteiger charge is 2.09. The Balaban J connectivity index is 2.12. The zero-order chi connectivity index (χ0) is 15.0. The maximum Gasteiger partial charge on any atom is 0.317 e. The second-order valence-electron chi connectivity index (χ2n) is 4.64. The first kappa shape index (κ1) is 16.8. The standard InChI is InChI=1S/C14H21ClN2O3/c1-11(18)9-17(2)14(19)16-7-8-20-10-12-3-5-13(15)6-4-12/h3-6,11,18H,7-10H2,1-2H3,(H,16,19). The van der Waals surface area contributed by atoms with Gasteiger partial charge in [-0.05, 0) is 24.6 Å². The van der Waals surface area contributed by atoms with Gasteiger partial charge >= 0.3 is 6.03 Å². The molecule has 0 fully saturated rings. The molecule has 6 heteroatoms. The number of ether oxygens (including phenoxy) is 1. The van der Waals surface area contributed by atoms with Crippen LogP contribution < -0.4 is 5.32 Å². The third-order valence-electron chi connectivity index (χ3n) is 2.59. The van der Waals surface area contributed by atoms with E-state index in [-0.39, 0.29) is 6.03 Å². The Kier molecular flexibility index (Phi) is 7.36. The number of carbonyl (C=O) groups excluding carboxylic acids is 1. The molecule has 0 bridgehead atoms. The number of aliphatic hydroxyl groups is 1. The number of carbonyl (C=O) groups is 1. The minimum Gasteiger partial charge on any atom is -0.392 e. The van der Waals surface area contributed by atoms with Crippen molar-refractivity contribution in [2.24, 2.45) is 0 Å². The molecular formula is C14H21ClN2O3. The summed E-state index contributed by atoms with van der Waals surface area (Å²) in [6.45, 7) is 3.28. The minimum atomic E-state index is -0.535. The number of amides is 2. The van der Waals surface area contributed by atoms with Gasteiger partial charge < -0.3 is 20.1 Å². The molecule has 0 radical (unpaired) electrons. The Bertz CT molecular complexity index is 409. The zero-order valence-corrected chi connectivity index (χ0v) is 12.6. The van der Waals surface area contributed by atoms with Gasteiger partial charge in [0.2, 0.25) is 0 Å². The number of hydrogen-bond acceptors (Lipinski definition) is 3. The number of rotatable bonds is 7. The molecule has 0 aliphatic heterocycles. The third-order valence-corrected chi connectivity index (χ3v) is 2.84. The third kappa shape index (κ3) is 6.75. The second-order valence-corrected chi connectivity index (χ2v) is 5.08. The molecule has 2 amide bonds. The normalized spacial score (nSPS) is 12.0. The fraction of sp³-hybridized carbons (Fsp3) is 0.500. The predicted molar refractivity (Wildman–Crippen MR) is 78.8 cm³/mol. The van der Waals surface area contributed by atoms with Crippen molar-refractivity contribution < 1.29 is 14.6 Å². The van der Waals surface area contributed by atoms with Gasteiger partial charge in [-0.15, -0.1) is 0 Å². The van der Waals surface area contributed by atoms with E-state index in [2.05, 4.69) is 5.32 Å². The lowest BCUT2D eigenvalue weighted by Crippen LogP contribution is -2.41. The van der Waals surface area contributed by atoms with E-state index >= 15 is 0 Å². The molecule has 0 aromatic heterocycles. The van der Waals surface area contributed by atoms with Crippen molar-refractivity contribution in [2.45, 2.75) is 19.6 Å². The van der Waals surface area contributed by atoms with Gasteiger partial charge in [0.1, 0.15) is 0 Å². The van der Waals surface area contributed by atoms with Crippen LogP contribution in [0.15, 0.2) is 24.3 Å². The fourth-order valence-electron chi connectivity index (χ4n) is 1.61. The summed E-state index contributed by atoms with van der Waals surface area (Å²) in [5.74, 6) is 0. The lowest BCUT2D eigenvalue weighted by atomic mass is 10.2. The van der Waals surface area contributed by atoms with Crippen molar-refractivity contribution in [3.8, 4) is 0 Å². The van der Waals surface area contributed by atoms with Crippen molar-refractivity contribution in [1.29, 1.82) is 0 Å². The topological polar surface area (TPSA) is 61.8 Å².